The van der Waals surface area contributed by atoms with Gasteiger partial charge in [0.15, 0.2) is 0 Å². The summed E-state index contributed by atoms with van der Waals surface area (Å²) in [5.41, 5.74) is 7.70. The number of amides is 1. The Bertz CT molecular complexity index is 489. The van der Waals surface area contributed by atoms with Gasteiger partial charge >= 0.3 is 0 Å². The first-order valence-corrected chi connectivity index (χ1v) is 7.62. The van der Waals surface area contributed by atoms with Crippen molar-refractivity contribution in [3.8, 4) is 0 Å². The summed E-state index contributed by atoms with van der Waals surface area (Å²) < 4.78 is 1.03. The summed E-state index contributed by atoms with van der Waals surface area (Å²) in [7, 11) is 0. The van der Waals surface area contributed by atoms with E-state index in [1.807, 2.05) is 25.1 Å². The molecule has 3 N–H and O–H groups in total. The molecular formula is C15H21BrN2O. The minimum atomic E-state index is -0.432. The van der Waals surface area contributed by atoms with Gasteiger partial charge in [-0.1, -0.05) is 29.3 Å². The summed E-state index contributed by atoms with van der Waals surface area (Å²) in [6, 6.07) is 5.91. The Morgan fingerprint density at radius 2 is 2.32 bits per heavy atom. The molecule has 2 atom stereocenters. The summed E-state index contributed by atoms with van der Waals surface area (Å²) in [5.74, 6) is 0.0505. The number of carbonyl (C=O) groups is 1. The normalized spacial score (nSPS) is 26.4. The maximum Gasteiger partial charge on any atom is 0.231 e. The van der Waals surface area contributed by atoms with Gasteiger partial charge in [-0.15, -0.1) is 0 Å². The van der Waals surface area contributed by atoms with E-state index in [0.29, 0.717) is 0 Å². The summed E-state index contributed by atoms with van der Waals surface area (Å²) in [6.07, 6.45) is 3.73. The smallest absolute Gasteiger partial charge is 0.231 e. The first-order chi connectivity index (χ1) is 8.97. The summed E-state index contributed by atoms with van der Waals surface area (Å²) in [5, 5.41) is 3.06. The molecular weight excluding hydrogens is 304 g/mol. The molecule has 104 valence electrons. The molecule has 0 heterocycles. The van der Waals surface area contributed by atoms with Crippen molar-refractivity contribution >= 4 is 27.5 Å². The van der Waals surface area contributed by atoms with Crippen molar-refractivity contribution in [2.75, 3.05) is 5.32 Å². The molecule has 4 heteroatoms. The van der Waals surface area contributed by atoms with Gasteiger partial charge in [0.25, 0.3) is 0 Å². The van der Waals surface area contributed by atoms with E-state index in [9.17, 15) is 4.79 Å². The zero-order valence-electron chi connectivity index (χ0n) is 11.5. The highest BCUT2D eigenvalue weighted by molar-refractivity contribution is 9.10. The van der Waals surface area contributed by atoms with Crippen LogP contribution in [0.1, 0.15) is 38.7 Å². The third-order valence-corrected chi connectivity index (χ3v) is 4.74. The molecule has 1 aromatic carbocycles. The van der Waals surface area contributed by atoms with Crippen LogP contribution in [-0.4, -0.2) is 11.9 Å². The molecule has 1 aliphatic carbocycles. The maximum absolute atomic E-state index is 12.5. The van der Waals surface area contributed by atoms with Gasteiger partial charge in [0.05, 0.1) is 5.41 Å². The molecule has 3 nitrogen and oxygen atoms in total. The highest BCUT2D eigenvalue weighted by Crippen LogP contribution is 2.38. The average molecular weight is 325 g/mol. The second-order valence-electron chi connectivity index (χ2n) is 5.53. The van der Waals surface area contributed by atoms with E-state index < -0.39 is 5.41 Å². The molecule has 1 amide bonds. The first kappa shape index (κ1) is 14.5. The van der Waals surface area contributed by atoms with Crippen LogP contribution >= 0.6 is 15.9 Å². The zero-order chi connectivity index (χ0) is 14.0. The van der Waals surface area contributed by atoms with Gasteiger partial charge in [-0.05, 0) is 49.9 Å². The Balaban J connectivity index is 2.19. The standard InChI is InChI=1S/C15H21BrN2O/c1-3-10-9-11(16)6-7-12(10)18-14(19)15(2)8-4-5-13(15)17/h6-7,9,13H,3-5,8,17H2,1-2H3,(H,18,19). The topological polar surface area (TPSA) is 55.1 Å². The maximum atomic E-state index is 12.5. The average Bonchev–Trinajstić information content (AvgIpc) is 2.73. The summed E-state index contributed by atoms with van der Waals surface area (Å²) >= 11 is 3.46. The number of hydrogen-bond acceptors (Lipinski definition) is 2. The van der Waals surface area contributed by atoms with Gasteiger partial charge in [-0.2, -0.15) is 0 Å². The number of rotatable bonds is 3. The Hall–Kier alpha value is -0.870. The SMILES string of the molecule is CCc1cc(Br)ccc1NC(=O)C1(C)CCCC1N. The molecule has 1 aromatic rings. The fraction of sp³-hybridized carbons (Fsp3) is 0.533. The van der Waals surface area contributed by atoms with E-state index in [2.05, 4.69) is 28.2 Å². The number of benzene rings is 1. The molecule has 0 saturated heterocycles. The third-order valence-electron chi connectivity index (χ3n) is 4.24. The fourth-order valence-corrected chi connectivity index (χ4v) is 3.13. The van der Waals surface area contributed by atoms with E-state index >= 15 is 0 Å². The predicted molar refractivity (Wildman–Crippen MR) is 82.1 cm³/mol. The summed E-state index contributed by atoms with van der Waals surface area (Å²) in [6.45, 7) is 4.06. The summed E-state index contributed by atoms with van der Waals surface area (Å²) in [4.78, 5) is 12.5. The number of aryl methyl sites for hydroxylation is 1. The first-order valence-electron chi connectivity index (χ1n) is 6.83. The minimum absolute atomic E-state index is 0.0342. The van der Waals surface area contributed by atoms with Crippen molar-refractivity contribution in [2.24, 2.45) is 11.1 Å². The Morgan fingerprint density at radius 1 is 1.58 bits per heavy atom. The molecule has 2 unspecified atom stereocenters. The van der Waals surface area contributed by atoms with E-state index in [0.717, 1.165) is 41.4 Å². The zero-order valence-corrected chi connectivity index (χ0v) is 13.1. The van der Waals surface area contributed by atoms with Gasteiger partial charge in [0, 0.05) is 16.2 Å². The Labute approximate surface area is 123 Å². The van der Waals surface area contributed by atoms with E-state index in [4.69, 9.17) is 5.73 Å². The highest BCUT2D eigenvalue weighted by atomic mass is 79.9. The van der Waals surface area contributed by atoms with Crippen molar-refractivity contribution in [1.29, 1.82) is 0 Å². The van der Waals surface area contributed by atoms with Crippen molar-refractivity contribution < 1.29 is 4.79 Å². The van der Waals surface area contributed by atoms with Crippen molar-refractivity contribution in [3.05, 3.63) is 28.2 Å². The minimum Gasteiger partial charge on any atom is -0.327 e. The van der Waals surface area contributed by atoms with Crippen LogP contribution in [0, 0.1) is 5.41 Å². The van der Waals surface area contributed by atoms with Crippen LogP contribution in [0.3, 0.4) is 0 Å². The van der Waals surface area contributed by atoms with Gasteiger partial charge in [-0.25, -0.2) is 0 Å². The van der Waals surface area contributed by atoms with Crippen LogP contribution in [0.2, 0.25) is 0 Å². The quantitative estimate of drug-likeness (QED) is 0.894. The lowest BCUT2D eigenvalue weighted by atomic mass is 9.84. The van der Waals surface area contributed by atoms with E-state index in [1.165, 1.54) is 0 Å². The van der Waals surface area contributed by atoms with Gasteiger partial charge < -0.3 is 11.1 Å². The van der Waals surface area contributed by atoms with Gasteiger partial charge in [0.1, 0.15) is 0 Å². The molecule has 1 fully saturated rings. The van der Waals surface area contributed by atoms with Crippen LogP contribution in [0.15, 0.2) is 22.7 Å². The molecule has 0 aromatic heterocycles. The molecule has 19 heavy (non-hydrogen) atoms. The Kier molecular flexibility index (Phi) is 4.31. The number of carbonyl (C=O) groups excluding carboxylic acids is 1. The predicted octanol–water partition coefficient (Wildman–Crippen LogP) is 3.47. The number of anilines is 1. The van der Waals surface area contributed by atoms with E-state index in [1.54, 1.807) is 0 Å². The molecule has 1 saturated carbocycles. The van der Waals surface area contributed by atoms with Crippen molar-refractivity contribution in [3.63, 3.8) is 0 Å². The lowest BCUT2D eigenvalue weighted by molar-refractivity contribution is -0.125. The second kappa shape index (κ2) is 5.63. The fourth-order valence-electron chi connectivity index (χ4n) is 2.72. The molecule has 1 aliphatic rings. The van der Waals surface area contributed by atoms with Gasteiger partial charge in [-0.3, -0.25) is 4.79 Å². The molecule has 0 spiro atoms. The highest BCUT2D eigenvalue weighted by Gasteiger charge is 2.43. The second-order valence-corrected chi connectivity index (χ2v) is 6.44. The van der Waals surface area contributed by atoms with Gasteiger partial charge in [0.2, 0.25) is 5.91 Å². The molecule has 0 radical (unpaired) electrons. The lowest BCUT2D eigenvalue weighted by Gasteiger charge is -2.28. The number of hydrogen-bond donors (Lipinski definition) is 2. The lowest BCUT2D eigenvalue weighted by Crippen LogP contribution is -2.44. The van der Waals surface area contributed by atoms with Crippen LogP contribution < -0.4 is 11.1 Å². The van der Waals surface area contributed by atoms with Crippen LogP contribution in [0.5, 0.6) is 0 Å². The largest absolute Gasteiger partial charge is 0.327 e. The van der Waals surface area contributed by atoms with Crippen LogP contribution in [-0.2, 0) is 11.2 Å². The van der Waals surface area contributed by atoms with Crippen LogP contribution in [0.25, 0.3) is 0 Å². The monoisotopic (exact) mass is 324 g/mol. The Morgan fingerprint density at radius 3 is 2.89 bits per heavy atom. The molecule has 2 rings (SSSR count). The number of halogens is 1. The molecule has 0 bridgehead atoms. The van der Waals surface area contributed by atoms with Crippen molar-refractivity contribution in [1.82, 2.24) is 0 Å². The molecule has 0 aliphatic heterocycles. The number of nitrogens with two attached hydrogens (primary N) is 1. The van der Waals surface area contributed by atoms with E-state index in [-0.39, 0.29) is 11.9 Å². The number of nitrogens with one attached hydrogen (secondary N) is 1. The van der Waals surface area contributed by atoms with Crippen molar-refractivity contribution in [2.45, 2.75) is 45.6 Å². The van der Waals surface area contributed by atoms with Crippen LogP contribution in [0.4, 0.5) is 5.69 Å². The third kappa shape index (κ3) is 2.84.